The number of nitrogens with zero attached hydrogens (tertiary/aromatic N) is 1. The fraction of sp³-hybridized carbons (Fsp3) is 0.250. The first kappa shape index (κ1) is 14.8. The number of aromatic carboxylic acids is 1. The summed E-state index contributed by atoms with van der Waals surface area (Å²) in [7, 11) is 1.63. The molecule has 5 heteroatoms. The van der Waals surface area contributed by atoms with Crippen molar-refractivity contribution in [2.75, 3.05) is 12.4 Å². The second-order valence-corrected chi connectivity index (χ2v) is 4.70. The average molecular weight is 286 g/mol. The molecule has 21 heavy (non-hydrogen) atoms. The number of ether oxygens (including phenoxy) is 1. The lowest BCUT2D eigenvalue weighted by molar-refractivity contribution is 0.0696. The Morgan fingerprint density at radius 2 is 2.10 bits per heavy atom. The zero-order valence-electron chi connectivity index (χ0n) is 12.3. The van der Waals surface area contributed by atoms with Crippen molar-refractivity contribution < 1.29 is 14.6 Å². The van der Waals surface area contributed by atoms with Crippen LogP contribution in [0.15, 0.2) is 30.3 Å². The van der Waals surface area contributed by atoms with Crippen molar-refractivity contribution >= 4 is 17.5 Å². The van der Waals surface area contributed by atoms with E-state index in [4.69, 9.17) is 9.84 Å². The number of carbonyl (C=O) groups is 1. The SMILES string of the molecule is CCc1cc(C(=O)O)cc(Nc2ccc(OC)c(C)c2)n1. The van der Waals surface area contributed by atoms with Gasteiger partial charge in [0, 0.05) is 11.4 Å². The van der Waals surface area contributed by atoms with E-state index in [2.05, 4.69) is 10.3 Å². The van der Waals surface area contributed by atoms with Crippen molar-refractivity contribution in [3.05, 3.63) is 47.2 Å². The molecule has 0 amide bonds. The van der Waals surface area contributed by atoms with Crippen LogP contribution in [0.4, 0.5) is 11.5 Å². The normalized spacial score (nSPS) is 10.2. The number of anilines is 2. The summed E-state index contributed by atoms with van der Waals surface area (Å²) in [6.07, 6.45) is 0.678. The van der Waals surface area contributed by atoms with Crippen molar-refractivity contribution in [2.45, 2.75) is 20.3 Å². The molecule has 2 N–H and O–H groups in total. The fourth-order valence-corrected chi connectivity index (χ4v) is 2.06. The Balaban J connectivity index is 2.32. The van der Waals surface area contributed by atoms with Crippen molar-refractivity contribution in [3.63, 3.8) is 0 Å². The molecule has 0 fully saturated rings. The van der Waals surface area contributed by atoms with Crippen LogP contribution in [-0.4, -0.2) is 23.2 Å². The number of methoxy groups -OCH3 is 1. The van der Waals surface area contributed by atoms with Crippen LogP contribution in [0.1, 0.15) is 28.5 Å². The summed E-state index contributed by atoms with van der Waals surface area (Å²) in [4.78, 5) is 15.5. The first-order chi connectivity index (χ1) is 10.0. The molecule has 0 aliphatic carbocycles. The third kappa shape index (κ3) is 3.51. The predicted octanol–water partition coefficient (Wildman–Crippen LogP) is 3.40. The quantitative estimate of drug-likeness (QED) is 0.881. The molecule has 0 bridgehead atoms. The highest BCUT2D eigenvalue weighted by Gasteiger charge is 2.08. The molecule has 0 spiro atoms. The number of benzene rings is 1. The fourth-order valence-electron chi connectivity index (χ4n) is 2.06. The van der Waals surface area contributed by atoms with Crippen LogP contribution < -0.4 is 10.1 Å². The summed E-state index contributed by atoms with van der Waals surface area (Å²) in [6.45, 7) is 3.89. The average Bonchev–Trinajstić information content (AvgIpc) is 2.47. The summed E-state index contributed by atoms with van der Waals surface area (Å²) in [5.74, 6) is 0.374. The Kier molecular flexibility index (Phi) is 4.42. The van der Waals surface area contributed by atoms with E-state index in [-0.39, 0.29) is 5.56 Å². The monoisotopic (exact) mass is 286 g/mol. The van der Waals surface area contributed by atoms with Gasteiger partial charge in [0.05, 0.1) is 12.7 Å². The van der Waals surface area contributed by atoms with Crippen LogP contribution in [0, 0.1) is 6.92 Å². The maximum Gasteiger partial charge on any atom is 0.335 e. The highest BCUT2D eigenvalue weighted by molar-refractivity contribution is 5.88. The number of aryl methyl sites for hydroxylation is 2. The Morgan fingerprint density at radius 1 is 1.33 bits per heavy atom. The zero-order chi connectivity index (χ0) is 15.4. The van der Waals surface area contributed by atoms with Gasteiger partial charge in [-0.1, -0.05) is 6.92 Å². The number of aromatic nitrogens is 1. The second kappa shape index (κ2) is 6.26. The second-order valence-electron chi connectivity index (χ2n) is 4.70. The van der Waals surface area contributed by atoms with E-state index in [0.717, 1.165) is 22.7 Å². The van der Waals surface area contributed by atoms with E-state index < -0.39 is 5.97 Å². The zero-order valence-corrected chi connectivity index (χ0v) is 12.3. The molecule has 1 heterocycles. The van der Waals surface area contributed by atoms with Gasteiger partial charge in [0.2, 0.25) is 0 Å². The number of rotatable bonds is 5. The highest BCUT2D eigenvalue weighted by atomic mass is 16.5. The Bertz CT molecular complexity index is 669. The van der Waals surface area contributed by atoms with Crippen LogP contribution in [0.25, 0.3) is 0 Å². The summed E-state index contributed by atoms with van der Waals surface area (Å²) >= 11 is 0. The highest BCUT2D eigenvalue weighted by Crippen LogP contribution is 2.24. The Hall–Kier alpha value is -2.56. The number of pyridine rings is 1. The molecule has 0 atom stereocenters. The molecule has 110 valence electrons. The van der Waals surface area contributed by atoms with Crippen LogP contribution >= 0.6 is 0 Å². The van der Waals surface area contributed by atoms with Gasteiger partial charge in [-0.25, -0.2) is 9.78 Å². The maximum atomic E-state index is 11.1. The minimum Gasteiger partial charge on any atom is -0.496 e. The summed E-state index contributed by atoms with van der Waals surface area (Å²) in [6, 6.07) is 8.78. The molecular weight excluding hydrogens is 268 g/mol. The predicted molar refractivity (Wildman–Crippen MR) is 81.6 cm³/mol. The molecule has 1 aromatic heterocycles. The summed E-state index contributed by atoms with van der Waals surface area (Å²) < 4.78 is 5.22. The lowest BCUT2D eigenvalue weighted by Crippen LogP contribution is -2.03. The molecule has 2 rings (SSSR count). The molecule has 2 aromatic rings. The molecule has 0 aliphatic rings. The number of carboxylic acids is 1. The van der Waals surface area contributed by atoms with Crippen LogP contribution in [0.3, 0.4) is 0 Å². The smallest absolute Gasteiger partial charge is 0.335 e. The van der Waals surface area contributed by atoms with Crippen molar-refractivity contribution in [1.82, 2.24) is 4.98 Å². The lowest BCUT2D eigenvalue weighted by atomic mass is 10.1. The largest absolute Gasteiger partial charge is 0.496 e. The Morgan fingerprint density at radius 3 is 2.67 bits per heavy atom. The van der Waals surface area contributed by atoms with Crippen molar-refractivity contribution in [3.8, 4) is 5.75 Å². The minimum absolute atomic E-state index is 0.231. The van der Waals surface area contributed by atoms with Crippen LogP contribution in [0.2, 0.25) is 0 Å². The van der Waals surface area contributed by atoms with Crippen molar-refractivity contribution in [2.24, 2.45) is 0 Å². The van der Waals surface area contributed by atoms with E-state index in [0.29, 0.717) is 12.2 Å². The molecule has 0 aliphatic heterocycles. The number of hydrogen-bond acceptors (Lipinski definition) is 4. The van der Waals surface area contributed by atoms with Gasteiger partial charge in [0.15, 0.2) is 0 Å². The molecule has 0 radical (unpaired) electrons. The van der Waals surface area contributed by atoms with Gasteiger partial charge in [-0.15, -0.1) is 0 Å². The minimum atomic E-state index is -0.957. The third-order valence-electron chi connectivity index (χ3n) is 3.15. The van der Waals surface area contributed by atoms with E-state index >= 15 is 0 Å². The maximum absolute atomic E-state index is 11.1. The summed E-state index contributed by atoms with van der Waals surface area (Å²) in [5, 5.41) is 12.3. The molecule has 0 saturated heterocycles. The van der Waals surface area contributed by atoms with Gasteiger partial charge in [-0.2, -0.15) is 0 Å². The van der Waals surface area contributed by atoms with Gasteiger partial charge < -0.3 is 15.2 Å². The number of nitrogens with one attached hydrogen (secondary N) is 1. The van der Waals surface area contributed by atoms with E-state index in [1.165, 1.54) is 6.07 Å². The van der Waals surface area contributed by atoms with Gasteiger partial charge in [-0.05, 0) is 49.2 Å². The van der Waals surface area contributed by atoms with Gasteiger partial charge in [0.25, 0.3) is 0 Å². The van der Waals surface area contributed by atoms with E-state index in [1.54, 1.807) is 13.2 Å². The molecule has 1 aromatic carbocycles. The first-order valence-corrected chi connectivity index (χ1v) is 6.69. The van der Waals surface area contributed by atoms with E-state index in [1.807, 2.05) is 32.0 Å². The standard InChI is InChI=1S/C16H18N2O3/c1-4-12-8-11(16(19)20)9-15(17-12)18-13-5-6-14(21-3)10(2)7-13/h5-9H,4H2,1-3H3,(H,17,18)(H,19,20). The van der Waals surface area contributed by atoms with E-state index in [9.17, 15) is 4.79 Å². The lowest BCUT2D eigenvalue weighted by Gasteiger charge is -2.11. The van der Waals surface area contributed by atoms with Gasteiger partial charge in [-0.3, -0.25) is 0 Å². The van der Waals surface area contributed by atoms with Gasteiger partial charge in [0.1, 0.15) is 11.6 Å². The topological polar surface area (TPSA) is 71.5 Å². The Labute approximate surface area is 123 Å². The van der Waals surface area contributed by atoms with Crippen molar-refractivity contribution in [1.29, 1.82) is 0 Å². The first-order valence-electron chi connectivity index (χ1n) is 6.69. The van der Waals surface area contributed by atoms with Crippen LogP contribution in [-0.2, 0) is 6.42 Å². The molecule has 5 nitrogen and oxygen atoms in total. The summed E-state index contributed by atoms with van der Waals surface area (Å²) in [5.41, 5.74) is 2.80. The number of carboxylic acid groups (broad SMARTS) is 1. The molecular formula is C16H18N2O3. The van der Waals surface area contributed by atoms with Crippen LogP contribution in [0.5, 0.6) is 5.75 Å². The number of hydrogen-bond donors (Lipinski definition) is 2. The molecule has 0 unspecified atom stereocenters. The third-order valence-corrected chi connectivity index (χ3v) is 3.15. The molecule has 0 saturated carbocycles. The van der Waals surface area contributed by atoms with Gasteiger partial charge >= 0.3 is 5.97 Å².